The number of nitrogens with zero attached hydrogens (tertiary/aromatic N) is 2. The van der Waals surface area contributed by atoms with Gasteiger partial charge in [-0.25, -0.2) is 12.7 Å². The fourth-order valence-corrected chi connectivity index (χ4v) is 2.75. The average molecular weight is 300 g/mol. The van der Waals surface area contributed by atoms with E-state index in [1.807, 2.05) is 19.2 Å². The van der Waals surface area contributed by atoms with Crippen molar-refractivity contribution in [3.05, 3.63) is 24.3 Å². The van der Waals surface area contributed by atoms with E-state index in [0.717, 1.165) is 31.5 Å². The van der Waals surface area contributed by atoms with Gasteiger partial charge in [0.2, 0.25) is 10.0 Å². The SMILES string of the molecule is CN(CCCCCO)c1ccc(S(=O)(=O)N(C)C)cc1. The molecular weight excluding hydrogens is 276 g/mol. The van der Waals surface area contributed by atoms with E-state index in [2.05, 4.69) is 4.90 Å². The lowest BCUT2D eigenvalue weighted by Gasteiger charge is -2.20. The second kappa shape index (κ2) is 7.61. The summed E-state index contributed by atoms with van der Waals surface area (Å²) in [5.74, 6) is 0. The molecule has 6 heteroatoms. The van der Waals surface area contributed by atoms with Crippen LogP contribution in [0.1, 0.15) is 19.3 Å². The summed E-state index contributed by atoms with van der Waals surface area (Å²) in [7, 11) is 1.67. The Hall–Kier alpha value is -1.11. The predicted octanol–water partition coefficient (Wildman–Crippen LogP) is 1.54. The standard InChI is InChI=1S/C14H24N2O3S/c1-15(2)20(18,19)14-9-7-13(8-10-14)16(3)11-5-4-6-12-17/h7-10,17H,4-6,11-12H2,1-3H3. The van der Waals surface area contributed by atoms with Crippen LogP contribution in [-0.2, 0) is 10.0 Å². The molecule has 1 aromatic carbocycles. The molecule has 0 bridgehead atoms. The molecule has 1 rings (SSSR count). The summed E-state index contributed by atoms with van der Waals surface area (Å²) >= 11 is 0. The lowest BCUT2D eigenvalue weighted by Crippen LogP contribution is -2.22. The smallest absolute Gasteiger partial charge is 0.242 e. The maximum Gasteiger partial charge on any atom is 0.242 e. The van der Waals surface area contributed by atoms with E-state index in [0.29, 0.717) is 4.90 Å². The Kier molecular flexibility index (Phi) is 6.45. The zero-order valence-corrected chi connectivity index (χ0v) is 13.2. The number of aliphatic hydroxyl groups excluding tert-OH is 1. The molecule has 0 saturated heterocycles. The number of rotatable bonds is 8. The molecule has 114 valence electrons. The van der Waals surface area contributed by atoms with Gasteiger partial charge in [-0.1, -0.05) is 0 Å². The van der Waals surface area contributed by atoms with Crippen molar-refractivity contribution in [3.63, 3.8) is 0 Å². The minimum atomic E-state index is -3.36. The lowest BCUT2D eigenvalue weighted by molar-refractivity contribution is 0.283. The summed E-state index contributed by atoms with van der Waals surface area (Å²) in [5.41, 5.74) is 0.992. The third kappa shape index (κ3) is 4.47. The van der Waals surface area contributed by atoms with Crippen molar-refractivity contribution < 1.29 is 13.5 Å². The molecule has 0 aromatic heterocycles. The summed E-state index contributed by atoms with van der Waals surface area (Å²) in [5, 5.41) is 8.73. The third-order valence-corrected chi connectivity index (χ3v) is 5.04. The Morgan fingerprint density at radius 2 is 1.60 bits per heavy atom. The van der Waals surface area contributed by atoms with E-state index in [1.165, 1.54) is 18.4 Å². The van der Waals surface area contributed by atoms with Crippen LogP contribution in [0.25, 0.3) is 0 Å². The van der Waals surface area contributed by atoms with Crippen molar-refractivity contribution in [1.29, 1.82) is 0 Å². The van der Waals surface area contributed by atoms with E-state index in [-0.39, 0.29) is 6.61 Å². The van der Waals surface area contributed by atoms with Crippen LogP contribution in [0.2, 0.25) is 0 Å². The summed E-state index contributed by atoms with van der Waals surface area (Å²) in [6, 6.07) is 6.91. The van der Waals surface area contributed by atoms with Crippen LogP contribution in [-0.4, -0.2) is 52.1 Å². The fourth-order valence-electron chi connectivity index (χ4n) is 1.85. The zero-order valence-electron chi connectivity index (χ0n) is 12.4. The summed E-state index contributed by atoms with van der Waals surface area (Å²) < 4.78 is 25.1. The summed E-state index contributed by atoms with van der Waals surface area (Å²) in [6.07, 6.45) is 2.83. The van der Waals surface area contributed by atoms with Gasteiger partial charge in [-0.2, -0.15) is 0 Å². The highest BCUT2D eigenvalue weighted by Crippen LogP contribution is 2.19. The zero-order chi connectivity index (χ0) is 15.2. The fraction of sp³-hybridized carbons (Fsp3) is 0.571. The highest BCUT2D eigenvalue weighted by Gasteiger charge is 2.16. The quantitative estimate of drug-likeness (QED) is 0.740. The second-order valence-electron chi connectivity index (χ2n) is 4.99. The van der Waals surface area contributed by atoms with Crippen LogP contribution >= 0.6 is 0 Å². The van der Waals surface area contributed by atoms with Crippen LogP contribution < -0.4 is 4.90 Å². The van der Waals surface area contributed by atoms with Gasteiger partial charge in [-0.05, 0) is 43.5 Å². The normalized spacial score (nSPS) is 11.8. The second-order valence-corrected chi connectivity index (χ2v) is 7.14. The van der Waals surface area contributed by atoms with Crippen LogP contribution in [0, 0.1) is 0 Å². The Balaban J connectivity index is 2.67. The van der Waals surface area contributed by atoms with Gasteiger partial charge in [0.05, 0.1) is 4.90 Å². The Morgan fingerprint density at radius 1 is 1.00 bits per heavy atom. The van der Waals surface area contributed by atoms with Crippen LogP contribution in [0.5, 0.6) is 0 Å². The van der Waals surface area contributed by atoms with Crippen molar-refractivity contribution in [2.24, 2.45) is 0 Å². The van der Waals surface area contributed by atoms with Crippen molar-refractivity contribution in [1.82, 2.24) is 4.31 Å². The lowest BCUT2D eigenvalue weighted by atomic mass is 10.2. The Labute approximate surface area is 121 Å². The first kappa shape index (κ1) is 16.9. The molecule has 5 nitrogen and oxygen atoms in total. The van der Waals surface area contributed by atoms with Gasteiger partial charge in [0.25, 0.3) is 0 Å². The van der Waals surface area contributed by atoms with Crippen LogP contribution in [0.3, 0.4) is 0 Å². The molecule has 20 heavy (non-hydrogen) atoms. The molecule has 0 saturated carbocycles. The molecule has 0 spiro atoms. The largest absolute Gasteiger partial charge is 0.396 e. The molecule has 0 heterocycles. The van der Waals surface area contributed by atoms with Gasteiger partial charge < -0.3 is 10.0 Å². The van der Waals surface area contributed by atoms with Crippen LogP contribution in [0.15, 0.2) is 29.2 Å². The monoisotopic (exact) mass is 300 g/mol. The van der Waals surface area contributed by atoms with E-state index in [1.54, 1.807) is 12.1 Å². The highest BCUT2D eigenvalue weighted by atomic mass is 32.2. The van der Waals surface area contributed by atoms with Crippen LogP contribution in [0.4, 0.5) is 5.69 Å². The van der Waals surface area contributed by atoms with E-state index in [9.17, 15) is 8.42 Å². The van der Waals surface area contributed by atoms with Crippen molar-refractivity contribution in [3.8, 4) is 0 Å². The number of anilines is 1. The third-order valence-electron chi connectivity index (χ3n) is 3.21. The molecule has 1 N–H and O–H groups in total. The first-order chi connectivity index (χ1) is 9.39. The summed E-state index contributed by atoms with van der Waals surface area (Å²) in [6.45, 7) is 1.13. The molecule has 0 radical (unpaired) electrons. The first-order valence-electron chi connectivity index (χ1n) is 6.74. The maximum atomic E-state index is 11.9. The van der Waals surface area contributed by atoms with Crippen molar-refractivity contribution in [2.45, 2.75) is 24.2 Å². The molecule has 0 atom stereocenters. The minimum absolute atomic E-state index is 0.237. The number of benzene rings is 1. The highest BCUT2D eigenvalue weighted by molar-refractivity contribution is 7.89. The molecule has 0 aliphatic rings. The molecule has 1 aromatic rings. The van der Waals surface area contributed by atoms with Crippen molar-refractivity contribution >= 4 is 15.7 Å². The molecule has 0 fully saturated rings. The molecule has 0 unspecified atom stereocenters. The first-order valence-corrected chi connectivity index (χ1v) is 8.18. The van der Waals surface area contributed by atoms with E-state index in [4.69, 9.17) is 5.11 Å². The van der Waals surface area contributed by atoms with E-state index < -0.39 is 10.0 Å². The van der Waals surface area contributed by atoms with Gasteiger partial charge in [-0.3, -0.25) is 0 Å². The number of hydrogen-bond acceptors (Lipinski definition) is 4. The van der Waals surface area contributed by atoms with Crippen molar-refractivity contribution in [2.75, 3.05) is 39.2 Å². The predicted molar refractivity (Wildman–Crippen MR) is 81.5 cm³/mol. The Bertz CT molecular complexity index is 498. The average Bonchev–Trinajstić information content (AvgIpc) is 2.43. The number of sulfonamides is 1. The van der Waals surface area contributed by atoms with Gasteiger partial charge in [-0.15, -0.1) is 0 Å². The molecule has 0 amide bonds. The molecule has 0 aliphatic carbocycles. The topological polar surface area (TPSA) is 60.9 Å². The number of unbranched alkanes of at least 4 members (excludes halogenated alkanes) is 2. The maximum absolute atomic E-state index is 11.9. The van der Waals surface area contributed by atoms with Gasteiger partial charge in [0.15, 0.2) is 0 Å². The molecular formula is C14H24N2O3S. The van der Waals surface area contributed by atoms with Gasteiger partial charge in [0.1, 0.15) is 0 Å². The number of aliphatic hydroxyl groups is 1. The number of hydrogen-bond donors (Lipinski definition) is 1. The van der Waals surface area contributed by atoms with E-state index >= 15 is 0 Å². The minimum Gasteiger partial charge on any atom is -0.396 e. The molecule has 0 aliphatic heterocycles. The van der Waals surface area contributed by atoms with Gasteiger partial charge in [0, 0.05) is 40.0 Å². The Morgan fingerprint density at radius 3 is 2.10 bits per heavy atom. The summed E-state index contributed by atoms with van der Waals surface area (Å²) in [4.78, 5) is 2.39. The van der Waals surface area contributed by atoms with Gasteiger partial charge >= 0.3 is 0 Å².